The summed E-state index contributed by atoms with van der Waals surface area (Å²) in [4.78, 5) is 12.3. The molecule has 0 bridgehead atoms. The number of likely N-dealkylation sites (N-methyl/N-ethyl adjacent to an activating group) is 1. The molecule has 3 N–H and O–H groups in total. The molecule has 2 rings (SSSR count). The number of hydrogen-bond donors (Lipinski definition) is 2. The Morgan fingerprint density at radius 3 is 2.57 bits per heavy atom. The van der Waals surface area contributed by atoms with Crippen LogP contribution in [-0.4, -0.2) is 44.8 Å². The lowest BCUT2D eigenvalue weighted by Gasteiger charge is -2.22. The van der Waals surface area contributed by atoms with Gasteiger partial charge in [-0.3, -0.25) is 4.79 Å². The number of carbonyl (C=O) groups excluding carboxylic acids is 1. The van der Waals surface area contributed by atoms with Crippen molar-refractivity contribution in [2.45, 2.75) is 30.2 Å². The van der Waals surface area contributed by atoms with Crippen LogP contribution in [0.5, 0.6) is 0 Å². The number of sulfonamides is 1. The molecule has 23 heavy (non-hydrogen) atoms. The molecule has 1 aliphatic rings. The van der Waals surface area contributed by atoms with Crippen LogP contribution < -0.4 is 11.1 Å². The Labute approximate surface area is 143 Å². The summed E-state index contributed by atoms with van der Waals surface area (Å²) in [6.45, 7) is 0.355. The Morgan fingerprint density at radius 1 is 1.30 bits per heavy atom. The highest BCUT2D eigenvalue weighted by atomic mass is 35.5. The number of hydrogen-bond acceptors (Lipinski definition) is 4. The van der Waals surface area contributed by atoms with E-state index < -0.39 is 10.0 Å². The van der Waals surface area contributed by atoms with Gasteiger partial charge in [-0.25, -0.2) is 8.42 Å². The fourth-order valence-corrected chi connectivity index (χ4v) is 3.97. The van der Waals surface area contributed by atoms with E-state index in [0.717, 1.165) is 23.6 Å². The highest BCUT2D eigenvalue weighted by molar-refractivity contribution is 7.89. The molecule has 0 saturated heterocycles. The van der Waals surface area contributed by atoms with E-state index in [1.54, 1.807) is 18.2 Å². The molecule has 1 amide bonds. The van der Waals surface area contributed by atoms with Gasteiger partial charge in [0.15, 0.2) is 0 Å². The van der Waals surface area contributed by atoms with Gasteiger partial charge in [-0.1, -0.05) is 24.6 Å². The van der Waals surface area contributed by atoms with Crippen LogP contribution in [0.2, 0.25) is 0 Å². The van der Waals surface area contributed by atoms with Crippen LogP contribution >= 0.6 is 12.4 Å². The number of nitrogens with zero attached hydrogens (tertiary/aromatic N) is 1. The molecule has 1 aromatic rings. The Balaban J connectivity index is 0.00000264. The molecule has 1 aromatic carbocycles. The third-order valence-electron chi connectivity index (χ3n) is 4.13. The zero-order valence-corrected chi connectivity index (χ0v) is 14.8. The van der Waals surface area contributed by atoms with Gasteiger partial charge in [-0.05, 0) is 37.4 Å². The third-order valence-corrected chi connectivity index (χ3v) is 5.94. The van der Waals surface area contributed by atoms with Crippen LogP contribution in [0.25, 0.3) is 0 Å². The third kappa shape index (κ3) is 4.91. The molecular formula is C15H24ClN3O3S. The van der Waals surface area contributed by atoms with Gasteiger partial charge in [0.2, 0.25) is 15.9 Å². The Kier molecular flexibility index (Phi) is 7.47. The number of halogens is 1. The number of carbonyl (C=O) groups is 1. The largest absolute Gasteiger partial charge is 0.352 e. The van der Waals surface area contributed by atoms with Gasteiger partial charge < -0.3 is 11.1 Å². The minimum Gasteiger partial charge on any atom is -0.352 e. The van der Waals surface area contributed by atoms with E-state index in [-0.39, 0.29) is 35.8 Å². The maximum atomic E-state index is 12.4. The van der Waals surface area contributed by atoms with Crippen molar-refractivity contribution in [1.82, 2.24) is 9.62 Å². The molecule has 2 atom stereocenters. The molecular weight excluding hydrogens is 338 g/mol. The molecule has 0 radical (unpaired) electrons. The lowest BCUT2D eigenvalue weighted by Crippen LogP contribution is -2.45. The van der Waals surface area contributed by atoms with Gasteiger partial charge in [-0.2, -0.15) is 4.31 Å². The maximum absolute atomic E-state index is 12.4. The van der Waals surface area contributed by atoms with E-state index in [4.69, 9.17) is 5.73 Å². The molecule has 1 saturated carbocycles. The van der Waals surface area contributed by atoms with Crippen molar-refractivity contribution >= 4 is 28.3 Å². The van der Waals surface area contributed by atoms with Crippen molar-refractivity contribution in [3.05, 3.63) is 30.3 Å². The quantitative estimate of drug-likeness (QED) is 0.789. The van der Waals surface area contributed by atoms with Gasteiger partial charge in [0.05, 0.1) is 11.4 Å². The normalized spacial score (nSPS) is 21.0. The summed E-state index contributed by atoms with van der Waals surface area (Å²) >= 11 is 0. The first-order valence-corrected chi connectivity index (χ1v) is 8.90. The zero-order chi connectivity index (χ0) is 16.2. The lowest BCUT2D eigenvalue weighted by atomic mass is 10.0. The van der Waals surface area contributed by atoms with Crippen molar-refractivity contribution in [2.75, 3.05) is 20.1 Å². The second kappa shape index (κ2) is 8.63. The number of benzene rings is 1. The van der Waals surface area contributed by atoms with Crippen LogP contribution in [0.3, 0.4) is 0 Å². The van der Waals surface area contributed by atoms with Gasteiger partial charge in [0.25, 0.3) is 0 Å². The summed E-state index contributed by atoms with van der Waals surface area (Å²) in [5, 5.41) is 2.91. The minimum atomic E-state index is -3.64. The first-order valence-electron chi connectivity index (χ1n) is 7.46. The van der Waals surface area contributed by atoms with Gasteiger partial charge in [0.1, 0.15) is 0 Å². The van der Waals surface area contributed by atoms with Crippen LogP contribution in [0.4, 0.5) is 0 Å². The van der Waals surface area contributed by atoms with E-state index in [0.29, 0.717) is 12.5 Å². The van der Waals surface area contributed by atoms with Gasteiger partial charge >= 0.3 is 0 Å². The average Bonchev–Trinajstić information content (AvgIpc) is 2.95. The highest BCUT2D eigenvalue weighted by Crippen LogP contribution is 2.24. The maximum Gasteiger partial charge on any atom is 0.243 e. The Hall–Kier alpha value is -1.15. The predicted octanol–water partition coefficient (Wildman–Crippen LogP) is 0.972. The van der Waals surface area contributed by atoms with Crippen molar-refractivity contribution in [1.29, 1.82) is 0 Å². The molecule has 6 nitrogen and oxygen atoms in total. The number of nitrogens with one attached hydrogen (secondary N) is 1. The van der Waals surface area contributed by atoms with E-state index in [1.165, 1.54) is 19.2 Å². The average molecular weight is 362 g/mol. The van der Waals surface area contributed by atoms with Crippen molar-refractivity contribution in [3.63, 3.8) is 0 Å². The van der Waals surface area contributed by atoms with Crippen LogP contribution in [-0.2, 0) is 14.8 Å². The standard InChI is InChI=1S/C15H23N3O3S.ClH/c1-18(22(20,21)13-7-3-2-4-8-13)11-15(19)17-14-9-5-6-12(14)10-16;/h2-4,7-8,12,14H,5-6,9-11,16H2,1H3,(H,17,19);1H. The summed E-state index contributed by atoms with van der Waals surface area (Å²) < 4.78 is 25.8. The van der Waals surface area contributed by atoms with Gasteiger partial charge in [-0.15, -0.1) is 12.4 Å². The van der Waals surface area contributed by atoms with Crippen molar-refractivity contribution in [3.8, 4) is 0 Å². The SMILES string of the molecule is CN(CC(=O)NC1CCCC1CN)S(=O)(=O)c1ccccc1.Cl. The number of rotatable bonds is 6. The first-order chi connectivity index (χ1) is 10.4. The highest BCUT2D eigenvalue weighted by Gasteiger charge is 2.29. The Bertz CT molecular complexity index is 610. The molecule has 130 valence electrons. The van der Waals surface area contributed by atoms with E-state index in [1.807, 2.05) is 0 Å². The predicted molar refractivity (Wildman–Crippen MR) is 91.8 cm³/mol. The fourth-order valence-electron chi connectivity index (χ4n) is 2.82. The zero-order valence-electron chi connectivity index (χ0n) is 13.1. The second-order valence-corrected chi connectivity index (χ2v) is 7.72. The van der Waals surface area contributed by atoms with E-state index >= 15 is 0 Å². The summed E-state index contributed by atoms with van der Waals surface area (Å²) in [7, 11) is -2.23. The van der Waals surface area contributed by atoms with E-state index in [2.05, 4.69) is 5.32 Å². The minimum absolute atomic E-state index is 0. The van der Waals surface area contributed by atoms with Crippen LogP contribution in [0.1, 0.15) is 19.3 Å². The number of amides is 1. The molecule has 1 fully saturated rings. The van der Waals surface area contributed by atoms with Crippen LogP contribution in [0, 0.1) is 5.92 Å². The number of nitrogens with two attached hydrogens (primary N) is 1. The summed E-state index contributed by atoms with van der Waals surface area (Å²) in [6.07, 6.45) is 2.97. The summed E-state index contributed by atoms with van der Waals surface area (Å²) in [5.41, 5.74) is 5.69. The summed E-state index contributed by atoms with van der Waals surface area (Å²) in [6, 6.07) is 8.16. The molecule has 0 spiro atoms. The fraction of sp³-hybridized carbons (Fsp3) is 0.533. The molecule has 8 heteroatoms. The smallest absolute Gasteiger partial charge is 0.243 e. The van der Waals surface area contributed by atoms with E-state index in [9.17, 15) is 13.2 Å². The van der Waals surface area contributed by atoms with Crippen molar-refractivity contribution in [2.24, 2.45) is 11.7 Å². The summed E-state index contributed by atoms with van der Waals surface area (Å²) in [5.74, 6) is 0.00680. The molecule has 1 aliphatic carbocycles. The lowest BCUT2D eigenvalue weighted by molar-refractivity contribution is -0.122. The first kappa shape index (κ1) is 19.9. The van der Waals surface area contributed by atoms with Crippen LogP contribution in [0.15, 0.2) is 35.2 Å². The molecule has 2 unspecified atom stereocenters. The second-order valence-electron chi connectivity index (χ2n) is 5.67. The molecule has 0 aromatic heterocycles. The molecule has 0 aliphatic heterocycles. The topological polar surface area (TPSA) is 92.5 Å². The van der Waals surface area contributed by atoms with Crippen molar-refractivity contribution < 1.29 is 13.2 Å². The molecule has 0 heterocycles. The monoisotopic (exact) mass is 361 g/mol. The van der Waals surface area contributed by atoms with Gasteiger partial charge in [0, 0.05) is 13.1 Å². The Morgan fingerprint density at radius 2 is 1.96 bits per heavy atom.